The first-order valence-corrected chi connectivity index (χ1v) is 4.73. The Labute approximate surface area is 78.9 Å². The molecular formula is C9H18N2O2. The lowest BCUT2D eigenvalue weighted by molar-refractivity contribution is -0.126. The molecule has 2 unspecified atom stereocenters. The van der Waals surface area contributed by atoms with Crippen molar-refractivity contribution in [3.8, 4) is 0 Å². The monoisotopic (exact) mass is 186 g/mol. The summed E-state index contributed by atoms with van der Waals surface area (Å²) in [5.41, 5.74) is 0. The second-order valence-electron chi connectivity index (χ2n) is 3.84. The maximum Gasteiger partial charge on any atom is 0.225 e. The maximum atomic E-state index is 11.3. The van der Waals surface area contributed by atoms with Crippen LogP contribution in [0, 0.1) is 5.92 Å². The zero-order valence-electron chi connectivity index (χ0n) is 8.29. The number of aliphatic hydroxyl groups is 1. The van der Waals surface area contributed by atoms with E-state index in [1.165, 1.54) is 0 Å². The van der Waals surface area contributed by atoms with Gasteiger partial charge in [-0.2, -0.15) is 0 Å². The first kappa shape index (κ1) is 10.5. The fourth-order valence-electron chi connectivity index (χ4n) is 1.48. The number of carbonyl (C=O) groups is 1. The summed E-state index contributed by atoms with van der Waals surface area (Å²) in [6, 6.07) is 0.270. The number of likely N-dealkylation sites (N-methyl/N-ethyl adjacent to an activating group) is 1. The SMILES string of the molecule is CC(CO)C(=O)NC1CCN(C)C1. The van der Waals surface area contributed by atoms with Gasteiger partial charge in [0.2, 0.25) is 5.91 Å². The van der Waals surface area contributed by atoms with Crippen LogP contribution in [0.25, 0.3) is 0 Å². The van der Waals surface area contributed by atoms with Crippen molar-refractivity contribution in [3.63, 3.8) is 0 Å². The Morgan fingerprint density at radius 3 is 2.92 bits per heavy atom. The molecule has 13 heavy (non-hydrogen) atoms. The minimum Gasteiger partial charge on any atom is -0.396 e. The number of likely N-dealkylation sites (tertiary alicyclic amines) is 1. The van der Waals surface area contributed by atoms with E-state index in [9.17, 15) is 4.79 Å². The molecule has 1 aliphatic heterocycles. The van der Waals surface area contributed by atoms with E-state index < -0.39 is 0 Å². The Balaban J connectivity index is 2.28. The first-order chi connectivity index (χ1) is 6.13. The predicted molar refractivity (Wildman–Crippen MR) is 50.3 cm³/mol. The highest BCUT2D eigenvalue weighted by Gasteiger charge is 2.22. The molecule has 4 heteroatoms. The van der Waals surface area contributed by atoms with Crippen molar-refractivity contribution in [3.05, 3.63) is 0 Å². The van der Waals surface area contributed by atoms with E-state index in [4.69, 9.17) is 5.11 Å². The van der Waals surface area contributed by atoms with E-state index in [0.29, 0.717) is 0 Å². The average Bonchev–Trinajstić information content (AvgIpc) is 2.49. The molecule has 1 rings (SSSR count). The normalized spacial score (nSPS) is 25.9. The van der Waals surface area contributed by atoms with Crippen molar-refractivity contribution >= 4 is 5.91 Å². The predicted octanol–water partition coefficient (Wildman–Crippen LogP) is -0.565. The largest absolute Gasteiger partial charge is 0.396 e. The van der Waals surface area contributed by atoms with Crippen LogP contribution in [0.2, 0.25) is 0 Å². The number of hydrogen-bond donors (Lipinski definition) is 2. The Kier molecular flexibility index (Phi) is 3.69. The van der Waals surface area contributed by atoms with Crippen LogP contribution in [0.5, 0.6) is 0 Å². The molecule has 2 atom stereocenters. The molecule has 1 amide bonds. The molecular weight excluding hydrogens is 168 g/mol. The van der Waals surface area contributed by atoms with Gasteiger partial charge in [0.05, 0.1) is 12.5 Å². The molecule has 0 aromatic rings. The minimum absolute atomic E-state index is 0.0391. The second kappa shape index (κ2) is 4.58. The van der Waals surface area contributed by atoms with Gasteiger partial charge in [0.1, 0.15) is 0 Å². The van der Waals surface area contributed by atoms with E-state index >= 15 is 0 Å². The van der Waals surface area contributed by atoms with Crippen LogP contribution in [0.4, 0.5) is 0 Å². The van der Waals surface area contributed by atoms with Crippen LogP contribution in [-0.4, -0.2) is 48.7 Å². The van der Waals surface area contributed by atoms with E-state index in [0.717, 1.165) is 19.5 Å². The Bertz CT molecular complexity index is 184. The molecule has 0 aromatic carbocycles. The standard InChI is InChI=1S/C9H18N2O2/c1-7(6-12)9(13)10-8-3-4-11(2)5-8/h7-8,12H,3-6H2,1-2H3,(H,10,13). The minimum atomic E-state index is -0.286. The summed E-state index contributed by atoms with van der Waals surface area (Å²) in [6.45, 7) is 3.62. The third-order valence-corrected chi connectivity index (χ3v) is 2.46. The van der Waals surface area contributed by atoms with Crippen LogP contribution in [0.15, 0.2) is 0 Å². The van der Waals surface area contributed by atoms with Gasteiger partial charge in [0, 0.05) is 12.6 Å². The van der Waals surface area contributed by atoms with Gasteiger partial charge in [-0.05, 0) is 20.0 Å². The molecule has 1 fully saturated rings. The van der Waals surface area contributed by atoms with Gasteiger partial charge < -0.3 is 15.3 Å². The van der Waals surface area contributed by atoms with Crippen LogP contribution in [0.3, 0.4) is 0 Å². The molecule has 1 saturated heterocycles. The Morgan fingerprint density at radius 1 is 1.77 bits per heavy atom. The molecule has 0 saturated carbocycles. The molecule has 0 bridgehead atoms. The van der Waals surface area contributed by atoms with Crippen molar-refractivity contribution in [2.45, 2.75) is 19.4 Å². The van der Waals surface area contributed by atoms with Gasteiger partial charge in [0.25, 0.3) is 0 Å². The summed E-state index contributed by atoms with van der Waals surface area (Å²) in [6.07, 6.45) is 1.01. The van der Waals surface area contributed by atoms with E-state index in [1.54, 1.807) is 6.92 Å². The van der Waals surface area contributed by atoms with Crippen molar-refractivity contribution in [2.24, 2.45) is 5.92 Å². The zero-order chi connectivity index (χ0) is 9.84. The number of amides is 1. The lowest BCUT2D eigenvalue weighted by atomic mass is 10.1. The summed E-state index contributed by atoms with van der Waals surface area (Å²) < 4.78 is 0. The first-order valence-electron chi connectivity index (χ1n) is 4.73. The average molecular weight is 186 g/mol. The lowest BCUT2D eigenvalue weighted by Gasteiger charge is -2.15. The summed E-state index contributed by atoms with van der Waals surface area (Å²) in [4.78, 5) is 13.5. The van der Waals surface area contributed by atoms with E-state index in [-0.39, 0.29) is 24.5 Å². The number of carbonyl (C=O) groups excluding carboxylic acids is 1. The number of hydrogen-bond acceptors (Lipinski definition) is 3. The zero-order valence-corrected chi connectivity index (χ0v) is 8.29. The van der Waals surface area contributed by atoms with Gasteiger partial charge in [-0.3, -0.25) is 4.79 Å². The van der Waals surface area contributed by atoms with E-state index in [2.05, 4.69) is 10.2 Å². The summed E-state index contributed by atoms with van der Waals surface area (Å²) >= 11 is 0. The fraction of sp³-hybridized carbons (Fsp3) is 0.889. The van der Waals surface area contributed by atoms with Gasteiger partial charge in [0.15, 0.2) is 0 Å². The molecule has 0 spiro atoms. The topological polar surface area (TPSA) is 52.6 Å². The molecule has 4 nitrogen and oxygen atoms in total. The Morgan fingerprint density at radius 2 is 2.46 bits per heavy atom. The summed E-state index contributed by atoms with van der Waals surface area (Å²) in [5.74, 6) is -0.325. The summed E-state index contributed by atoms with van der Waals surface area (Å²) in [7, 11) is 2.04. The highest BCUT2D eigenvalue weighted by molar-refractivity contribution is 5.78. The van der Waals surface area contributed by atoms with Crippen LogP contribution in [-0.2, 0) is 4.79 Å². The lowest BCUT2D eigenvalue weighted by Crippen LogP contribution is -2.40. The number of aliphatic hydroxyl groups excluding tert-OH is 1. The second-order valence-corrected chi connectivity index (χ2v) is 3.84. The van der Waals surface area contributed by atoms with Crippen molar-refractivity contribution < 1.29 is 9.90 Å². The molecule has 0 aliphatic carbocycles. The third-order valence-electron chi connectivity index (χ3n) is 2.46. The molecule has 0 aromatic heterocycles. The molecule has 76 valence electrons. The molecule has 1 aliphatic rings. The van der Waals surface area contributed by atoms with Crippen molar-refractivity contribution in [1.82, 2.24) is 10.2 Å². The van der Waals surface area contributed by atoms with Crippen LogP contribution in [0.1, 0.15) is 13.3 Å². The van der Waals surface area contributed by atoms with Gasteiger partial charge in [-0.15, -0.1) is 0 Å². The van der Waals surface area contributed by atoms with E-state index in [1.807, 2.05) is 7.05 Å². The van der Waals surface area contributed by atoms with Crippen molar-refractivity contribution in [1.29, 1.82) is 0 Å². The number of rotatable bonds is 3. The molecule has 1 heterocycles. The van der Waals surface area contributed by atoms with Crippen molar-refractivity contribution in [2.75, 3.05) is 26.7 Å². The smallest absolute Gasteiger partial charge is 0.225 e. The molecule has 2 N–H and O–H groups in total. The quantitative estimate of drug-likeness (QED) is 0.621. The number of nitrogens with one attached hydrogen (secondary N) is 1. The van der Waals surface area contributed by atoms with Crippen LogP contribution >= 0.6 is 0 Å². The third kappa shape index (κ3) is 2.97. The van der Waals surface area contributed by atoms with Crippen LogP contribution < -0.4 is 5.32 Å². The van der Waals surface area contributed by atoms with Gasteiger partial charge in [-0.25, -0.2) is 0 Å². The highest BCUT2D eigenvalue weighted by atomic mass is 16.3. The highest BCUT2D eigenvalue weighted by Crippen LogP contribution is 2.06. The fourth-order valence-corrected chi connectivity index (χ4v) is 1.48. The molecule has 0 radical (unpaired) electrons. The Hall–Kier alpha value is -0.610. The van der Waals surface area contributed by atoms with Gasteiger partial charge >= 0.3 is 0 Å². The maximum absolute atomic E-state index is 11.3. The summed E-state index contributed by atoms with van der Waals surface area (Å²) in [5, 5.41) is 11.7. The number of nitrogens with zero attached hydrogens (tertiary/aromatic N) is 1. The van der Waals surface area contributed by atoms with Gasteiger partial charge in [-0.1, -0.05) is 6.92 Å².